The molecule has 0 spiro atoms. The van der Waals surface area contributed by atoms with Gasteiger partial charge in [-0.25, -0.2) is 4.98 Å². The molecule has 2 aromatic carbocycles. The number of H-pyrrole nitrogens is 1. The minimum absolute atomic E-state index is 0.0133. The highest BCUT2D eigenvalue weighted by atomic mass is 32.1. The van der Waals surface area contributed by atoms with Gasteiger partial charge in [0, 0.05) is 70.1 Å². The summed E-state index contributed by atoms with van der Waals surface area (Å²) in [5, 5.41) is 39.9. The number of aromatic amines is 1. The maximum Gasteiger partial charge on any atom is 0.417 e. The van der Waals surface area contributed by atoms with Crippen molar-refractivity contribution in [1.29, 1.82) is 5.26 Å². The van der Waals surface area contributed by atoms with Crippen molar-refractivity contribution in [2.75, 3.05) is 52.4 Å². The Morgan fingerprint density at radius 2 is 1.68 bits per heavy atom. The van der Waals surface area contributed by atoms with Gasteiger partial charge in [0.05, 0.1) is 76.5 Å². The van der Waals surface area contributed by atoms with Gasteiger partial charge < -0.3 is 35.6 Å². The molecule has 2 aliphatic heterocycles. The molecule has 73 heavy (non-hydrogen) atoms. The molecule has 5 aromatic rings. The molecule has 4 amide bonds. The Bertz CT molecular complexity index is 2760. The maximum absolute atomic E-state index is 14.2. The van der Waals surface area contributed by atoms with E-state index in [1.165, 1.54) is 15.6 Å². The normalized spacial score (nSPS) is 18.0. The zero-order chi connectivity index (χ0) is 52.6. The van der Waals surface area contributed by atoms with E-state index < -0.39 is 58.8 Å². The lowest BCUT2D eigenvalue weighted by atomic mass is 9.85. The molecule has 5 atom stereocenters. The molecule has 0 radical (unpaired) electrons. The van der Waals surface area contributed by atoms with E-state index in [4.69, 9.17) is 10.00 Å². The number of halogens is 3. The van der Waals surface area contributed by atoms with Gasteiger partial charge in [-0.05, 0) is 68.0 Å². The topological polar surface area (TPSA) is 227 Å². The Morgan fingerprint density at radius 1 is 0.973 bits per heavy atom. The van der Waals surface area contributed by atoms with Crippen molar-refractivity contribution in [3.05, 3.63) is 100 Å². The molecule has 2 saturated heterocycles. The number of rotatable bonds is 19. The van der Waals surface area contributed by atoms with Gasteiger partial charge in [0.1, 0.15) is 17.8 Å². The van der Waals surface area contributed by atoms with Crippen molar-refractivity contribution in [2.24, 2.45) is 5.41 Å². The average Bonchev–Trinajstić information content (AvgIpc) is 4.18. The number of carbonyl (C=O) groups is 4. The summed E-state index contributed by atoms with van der Waals surface area (Å²) < 4.78 is 47.8. The van der Waals surface area contributed by atoms with Gasteiger partial charge in [-0.15, -0.1) is 11.3 Å². The lowest BCUT2D eigenvalue weighted by molar-refractivity contribution is -0.144. The molecule has 5 N–H and O–H groups in total. The highest BCUT2D eigenvalue weighted by Gasteiger charge is 2.45. The van der Waals surface area contributed by atoms with Crippen molar-refractivity contribution in [3.63, 3.8) is 0 Å². The Balaban J connectivity index is 0.793. The molecule has 0 aliphatic carbocycles. The summed E-state index contributed by atoms with van der Waals surface area (Å²) in [6, 6.07) is 13.5. The van der Waals surface area contributed by atoms with Gasteiger partial charge in [0.15, 0.2) is 0 Å². The summed E-state index contributed by atoms with van der Waals surface area (Å²) in [4.78, 5) is 65.5. The number of nitriles is 1. The average molecular weight is 1030 g/mol. The molecule has 2 fully saturated rings. The lowest BCUT2D eigenvalue weighted by Crippen LogP contribution is -2.59. The van der Waals surface area contributed by atoms with Crippen molar-refractivity contribution in [2.45, 2.75) is 104 Å². The fraction of sp³-hybridized carbons (Fsp3) is 0.490. The summed E-state index contributed by atoms with van der Waals surface area (Å²) in [5.41, 5.74) is 3.80. The Hall–Kier alpha value is -6.51. The Morgan fingerprint density at radius 3 is 2.36 bits per heavy atom. The van der Waals surface area contributed by atoms with Gasteiger partial charge in [-0.1, -0.05) is 51.1 Å². The van der Waals surface area contributed by atoms with E-state index >= 15 is 0 Å². The van der Waals surface area contributed by atoms with Crippen LogP contribution in [0.1, 0.15) is 92.1 Å². The zero-order valence-electron chi connectivity index (χ0n) is 41.8. The monoisotopic (exact) mass is 1030 g/mol. The number of piperazine rings is 1. The number of aryl methyl sites for hydroxylation is 1. The summed E-state index contributed by atoms with van der Waals surface area (Å²) in [5.74, 6) is -1.50. The molecular weight excluding hydrogens is 966 g/mol. The van der Waals surface area contributed by atoms with Crippen LogP contribution in [0.3, 0.4) is 0 Å². The first-order valence-electron chi connectivity index (χ1n) is 24.3. The number of hydrogen-bond acceptors (Lipinski definition) is 13. The van der Waals surface area contributed by atoms with Crippen molar-refractivity contribution in [3.8, 4) is 27.8 Å². The summed E-state index contributed by atoms with van der Waals surface area (Å²) >= 11 is 1.57. The summed E-state index contributed by atoms with van der Waals surface area (Å²) in [7, 11) is 0. The number of aliphatic hydroxyl groups excluding tert-OH is 1. The molecular formula is C51H63F3N12O6S. The van der Waals surface area contributed by atoms with Gasteiger partial charge in [-0.3, -0.25) is 33.9 Å². The first-order valence-corrected chi connectivity index (χ1v) is 25.2. The number of hydrogen-bond donors (Lipinski definition) is 5. The SMILES string of the molecule is Cc1ncsc1-c1ccc([C@H](C)NC(=O)[C@@H]2C[C@@H](O)CN2C(=O)[C@@H](NC(=O)CN2CCN(CCCOCc3cc(C(=O)N[C@@H](C)Cn4ccc(-c5ccc(C#N)c(C(F)(F)F)c5)n4)n[nH]3)CC2)C(C)(C)C)cc1. The highest BCUT2D eigenvalue weighted by Crippen LogP contribution is 2.35. The van der Waals surface area contributed by atoms with Gasteiger partial charge in [0.25, 0.3) is 5.91 Å². The second kappa shape index (κ2) is 23.6. The van der Waals surface area contributed by atoms with Crippen LogP contribution in [-0.4, -0.2) is 145 Å². The van der Waals surface area contributed by atoms with Crippen LogP contribution >= 0.6 is 11.3 Å². The predicted molar refractivity (Wildman–Crippen MR) is 266 cm³/mol. The number of carbonyl (C=O) groups excluding carboxylic acids is 4. The molecule has 0 unspecified atom stereocenters. The second-order valence-electron chi connectivity index (χ2n) is 19.9. The van der Waals surface area contributed by atoms with Crippen LogP contribution in [-0.2, 0) is 38.4 Å². The number of nitrogens with zero attached hydrogens (tertiary/aromatic N) is 8. The molecule has 3 aromatic heterocycles. The van der Waals surface area contributed by atoms with Crippen LogP contribution in [0.4, 0.5) is 13.2 Å². The molecule has 7 rings (SSSR count). The van der Waals surface area contributed by atoms with E-state index in [0.29, 0.717) is 31.1 Å². The number of β-amino-alcohol motifs (C(OH)–C–C–N with tert-alkyl or cyclic N) is 1. The smallest absolute Gasteiger partial charge is 0.391 e. The molecule has 2 aliphatic rings. The van der Waals surface area contributed by atoms with Crippen LogP contribution in [0.5, 0.6) is 0 Å². The first-order chi connectivity index (χ1) is 34.7. The Labute approximate surface area is 426 Å². The molecule has 0 bridgehead atoms. The number of alkyl halides is 3. The number of likely N-dealkylation sites (tertiary alicyclic amines) is 1. The fourth-order valence-electron chi connectivity index (χ4n) is 9.00. The van der Waals surface area contributed by atoms with E-state index in [0.717, 1.165) is 59.9 Å². The quantitative estimate of drug-likeness (QED) is 0.0664. The summed E-state index contributed by atoms with van der Waals surface area (Å²) in [6.45, 7) is 15.8. The molecule has 0 saturated carbocycles. The summed E-state index contributed by atoms with van der Waals surface area (Å²) in [6.07, 6.45) is -3.12. The minimum Gasteiger partial charge on any atom is -0.391 e. The fourth-order valence-corrected chi connectivity index (χ4v) is 9.81. The number of aromatic nitrogens is 5. The lowest BCUT2D eigenvalue weighted by Gasteiger charge is -2.37. The molecule has 18 nitrogen and oxygen atoms in total. The van der Waals surface area contributed by atoms with Crippen LogP contribution in [0.2, 0.25) is 0 Å². The Kier molecular flexibility index (Phi) is 17.5. The maximum atomic E-state index is 14.2. The van der Waals surface area contributed by atoms with E-state index in [2.05, 4.69) is 41.1 Å². The van der Waals surface area contributed by atoms with E-state index in [-0.39, 0.29) is 61.8 Å². The van der Waals surface area contributed by atoms with E-state index in [1.54, 1.807) is 42.7 Å². The predicted octanol–water partition coefficient (Wildman–Crippen LogP) is 5.31. The van der Waals surface area contributed by atoms with Gasteiger partial charge in [0.2, 0.25) is 17.7 Å². The van der Waals surface area contributed by atoms with Crippen LogP contribution in [0.25, 0.3) is 21.7 Å². The number of amides is 4. The van der Waals surface area contributed by atoms with Crippen LogP contribution in [0, 0.1) is 23.7 Å². The third-order valence-corrected chi connectivity index (χ3v) is 14.0. The van der Waals surface area contributed by atoms with Crippen LogP contribution in [0.15, 0.2) is 66.3 Å². The van der Waals surface area contributed by atoms with Crippen molar-refractivity contribution in [1.82, 2.24) is 55.6 Å². The van der Waals surface area contributed by atoms with E-state index in [9.17, 15) is 37.5 Å². The van der Waals surface area contributed by atoms with Gasteiger partial charge in [-0.2, -0.15) is 28.6 Å². The molecule has 390 valence electrons. The number of thiazole rings is 1. The third kappa shape index (κ3) is 14.2. The largest absolute Gasteiger partial charge is 0.417 e. The number of ether oxygens (including phenoxy) is 1. The number of aliphatic hydroxyl groups is 1. The minimum atomic E-state index is -4.69. The number of nitrogens with one attached hydrogen (secondary N) is 4. The standard InChI is InChI=1S/C51H63F3N12O6S/c1-31(26-65-16-14-41(62-65)36-12-13-37(25-55)40(22-36)51(52,53)54)57-47(69)42-23-38(60-61-42)29-72-21-7-15-63-17-19-64(20-18-63)28-44(68)59-46(50(4,5)6)49(71)66-27-39(67)24-43(66)48(70)58-32(2)34-8-10-35(11-9-34)45-33(3)56-30-73-45/h8-14,16,22-23,30-32,39,43,46,67H,7,15,17-21,24,26-29H2,1-6H3,(H,57,69)(H,58,70)(H,59,68)(H,60,61)/t31-,32-,39+,43-,46+/m0/s1. The highest BCUT2D eigenvalue weighted by molar-refractivity contribution is 7.13. The van der Waals surface area contributed by atoms with Gasteiger partial charge >= 0.3 is 6.18 Å². The van der Waals surface area contributed by atoms with Crippen molar-refractivity contribution < 1.29 is 42.2 Å². The van der Waals surface area contributed by atoms with E-state index in [1.807, 2.05) is 69.3 Å². The first kappa shape index (κ1) is 54.3. The zero-order valence-corrected chi connectivity index (χ0v) is 42.6. The molecule has 22 heteroatoms. The second-order valence-corrected chi connectivity index (χ2v) is 20.7. The number of benzene rings is 2. The van der Waals surface area contributed by atoms with Crippen molar-refractivity contribution >= 4 is 35.0 Å². The third-order valence-electron chi connectivity index (χ3n) is 13.0. The molecule has 5 heterocycles. The van der Waals surface area contributed by atoms with Crippen LogP contribution < -0.4 is 16.0 Å².